The Bertz CT molecular complexity index is 1940. The summed E-state index contributed by atoms with van der Waals surface area (Å²) < 4.78 is 19.6. The highest BCUT2D eigenvalue weighted by Crippen LogP contribution is 2.36. The average molecular weight is 662 g/mol. The van der Waals surface area contributed by atoms with Crippen LogP contribution in [-0.4, -0.2) is 76.0 Å². The SMILES string of the molecule is CC(C)(C)OC(=O)N1CCN(C(=O)c2ccc(Nc3nccc(-c4cc(C#N)c5c(c4)CCN5C(=O)Cc4ccccc4F)n3)cc2)CC1. The van der Waals surface area contributed by atoms with Crippen molar-refractivity contribution in [1.29, 1.82) is 5.26 Å². The molecule has 0 aliphatic carbocycles. The topological polar surface area (TPSA) is 132 Å². The molecule has 0 unspecified atom stereocenters. The van der Waals surface area contributed by atoms with Crippen molar-refractivity contribution in [2.75, 3.05) is 42.9 Å². The molecule has 250 valence electrons. The molecule has 3 heterocycles. The van der Waals surface area contributed by atoms with Crippen LogP contribution in [0, 0.1) is 17.1 Å². The van der Waals surface area contributed by atoms with Gasteiger partial charge in [-0.1, -0.05) is 18.2 Å². The maximum absolute atomic E-state index is 14.2. The number of piperazine rings is 1. The van der Waals surface area contributed by atoms with Gasteiger partial charge < -0.3 is 24.8 Å². The molecule has 1 saturated heterocycles. The lowest BCUT2D eigenvalue weighted by molar-refractivity contribution is -0.117. The van der Waals surface area contributed by atoms with Gasteiger partial charge >= 0.3 is 6.09 Å². The molecule has 49 heavy (non-hydrogen) atoms. The largest absolute Gasteiger partial charge is 0.444 e. The molecule has 0 radical (unpaired) electrons. The molecule has 0 bridgehead atoms. The van der Waals surface area contributed by atoms with E-state index in [4.69, 9.17) is 4.74 Å². The van der Waals surface area contributed by atoms with Crippen molar-refractivity contribution < 1.29 is 23.5 Å². The predicted molar refractivity (Wildman–Crippen MR) is 182 cm³/mol. The molecule has 3 aromatic carbocycles. The monoisotopic (exact) mass is 661 g/mol. The van der Waals surface area contributed by atoms with Crippen LogP contribution in [0.1, 0.15) is 47.8 Å². The minimum absolute atomic E-state index is 0.0956. The molecule has 11 nitrogen and oxygen atoms in total. The Morgan fingerprint density at radius 3 is 2.37 bits per heavy atom. The number of anilines is 3. The second-order valence-electron chi connectivity index (χ2n) is 12.9. The molecule has 1 N–H and O–H groups in total. The number of benzene rings is 3. The summed E-state index contributed by atoms with van der Waals surface area (Å²) in [5.41, 5.74) is 3.97. The van der Waals surface area contributed by atoms with Gasteiger partial charge in [0.2, 0.25) is 11.9 Å². The molecular formula is C37H36FN7O4. The lowest BCUT2D eigenvalue weighted by Gasteiger charge is -2.35. The summed E-state index contributed by atoms with van der Waals surface area (Å²) in [6, 6.07) is 20.8. The first-order chi connectivity index (χ1) is 23.5. The third kappa shape index (κ3) is 7.51. The highest BCUT2D eigenvalue weighted by Gasteiger charge is 2.30. The van der Waals surface area contributed by atoms with Gasteiger partial charge in [-0.05, 0) is 86.8 Å². The summed E-state index contributed by atoms with van der Waals surface area (Å²) in [5.74, 6) is -0.493. The van der Waals surface area contributed by atoms with E-state index in [0.717, 1.165) is 5.56 Å². The number of rotatable bonds is 6. The van der Waals surface area contributed by atoms with E-state index < -0.39 is 11.4 Å². The van der Waals surface area contributed by atoms with Crippen LogP contribution in [-0.2, 0) is 22.4 Å². The quantitative estimate of drug-likeness (QED) is 0.278. The van der Waals surface area contributed by atoms with Gasteiger partial charge in [0.05, 0.1) is 23.4 Å². The molecule has 2 aliphatic heterocycles. The fraction of sp³-hybridized carbons (Fsp3) is 0.297. The molecular weight excluding hydrogens is 625 g/mol. The number of nitrogens with one attached hydrogen (secondary N) is 1. The summed E-state index contributed by atoms with van der Waals surface area (Å²) in [5, 5.41) is 13.2. The van der Waals surface area contributed by atoms with E-state index in [-0.39, 0.29) is 24.3 Å². The minimum Gasteiger partial charge on any atom is -0.444 e. The van der Waals surface area contributed by atoms with Gasteiger partial charge in [-0.25, -0.2) is 19.2 Å². The highest BCUT2D eigenvalue weighted by atomic mass is 19.1. The number of carbonyl (C=O) groups is 3. The second kappa shape index (κ2) is 13.7. The van der Waals surface area contributed by atoms with E-state index >= 15 is 0 Å². The fourth-order valence-electron chi connectivity index (χ4n) is 5.94. The van der Waals surface area contributed by atoms with Crippen LogP contribution in [0.2, 0.25) is 0 Å². The summed E-state index contributed by atoms with van der Waals surface area (Å²) in [4.78, 5) is 52.6. The zero-order chi connectivity index (χ0) is 34.7. The predicted octanol–water partition coefficient (Wildman–Crippen LogP) is 5.72. The molecule has 0 spiro atoms. The van der Waals surface area contributed by atoms with E-state index in [9.17, 15) is 24.0 Å². The number of ether oxygens (including phenoxy) is 1. The lowest BCUT2D eigenvalue weighted by Crippen LogP contribution is -2.51. The maximum Gasteiger partial charge on any atom is 0.410 e. The summed E-state index contributed by atoms with van der Waals surface area (Å²) in [6.07, 6.45) is 1.70. The van der Waals surface area contributed by atoms with Crippen molar-refractivity contribution in [3.05, 3.63) is 101 Å². The van der Waals surface area contributed by atoms with Crippen molar-refractivity contribution in [3.8, 4) is 17.3 Å². The Labute approximate surface area is 283 Å². The molecule has 1 fully saturated rings. The third-order valence-corrected chi connectivity index (χ3v) is 8.34. The number of amides is 3. The standard InChI is InChI=1S/C37H36FN7O4/c1-37(2,3)49-36(48)44-18-16-43(17-19-44)34(47)24-8-10-29(11-9-24)41-35-40-14-12-31(42-35)27-20-26-13-15-45(33(26)28(21-27)23-39)32(46)22-25-6-4-5-7-30(25)38/h4-12,14,20-21H,13,15-19,22H2,1-3H3,(H,40,41,42). The summed E-state index contributed by atoms with van der Waals surface area (Å²) in [7, 11) is 0. The van der Waals surface area contributed by atoms with Gasteiger partial charge in [0.1, 0.15) is 17.5 Å². The van der Waals surface area contributed by atoms with Gasteiger partial charge in [0.15, 0.2) is 0 Å². The fourth-order valence-corrected chi connectivity index (χ4v) is 5.94. The summed E-state index contributed by atoms with van der Waals surface area (Å²) >= 11 is 0. The lowest BCUT2D eigenvalue weighted by atomic mass is 10.0. The van der Waals surface area contributed by atoms with Gasteiger partial charge in [0, 0.05) is 55.7 Å². The van der Waals surface area contributed by atoms with Crippen LogP contribution in [0.5, 0.6) is 0 Å². The molecule has 12 heteroatoms. The van der Waals surface area contributed by atoms with Crippen LogP contribution in [0.15, 0.2) is 72.9 Å². The minimum atomic E-state index is -0.576. The average Bonchev–Trinajstić information content (AvgIpc) is 3.53. The van der Waals surface area contributed by atoms with Crippen molar-refractivity contribution in [2.45, 2.75) is 39.2 Å². The first-order valence-electron chi connectivity index (χ1n) is 16.1. The Balaban J connectivity index is 1.11. The number of hydrogen-bond donors (Lipinski definition) is 1. The van der Waals surface area contributed by atoms with Crippen LogP contribution >= 0.6 is 0 Å². The number of fused-ring (bicyclic) bond motifs is 1. The Kier molecular flexibility index (Phi) is 9.27. The maximum atomic E-state index is 14.2. The van der Waals surface area contributed by atoms with E-state index in [1.54, 1.807) is 75.5 Å². The number of carbonyl (C=O) groups excluding carboxylic acids is 3. The van der Waals surface area contributed by atoms with E-state index in [0.29, 0.717) is 84.4 Å². The number of halogens is 1. The molecule has 6 rings (SSSR count). The number of hydrogen-bond acceptors (Lipinski definition) is 8. The van der Waals surface area contributed by atoms with Gasteiger partial charge in [0.25, 0.3) is 5.91 Å². The number of nitriles is 1. The third-order valence-electron chi connectivity index (χ3n) is 8.34. The van der Waals surface area contributed by atoms with E-state index in [1.165, 1.54) is 6.07 Å². The van der Waals surface area contributed by atoms with Crippen molar-refractivity contribution in [1.82, 2.24) is 19.8 Å². The number of nitrogens with zero attached hydrogens (tertiary/aromatic N) is 6. The van der Waals surface area contributed by atoms with Gasteiger partial charge in [-0.15, -0.1) is 0 Å². The molecule has 1 aromatic heterocycles. The second-order valence-corrected chi connectivity index (χ2v) is 12.9. The number of aromatic nitrogens is 2. The van der Waals surface area contributed by atoms with Gasteiger partial charge in [-0.2, -0.15) is 5.26 Å². The normalized spacial score (nSPS) is 14.2. The first-order valence-corrected chi connectivity index (χ1v) is 16.1. The smallest absolute Gasteiger partial charge is 0.410 e. The van der Waals surface area contributed by atoms with E-state index in [1.807, 2.05) is 26.8 Å². The Hall–Kier alpha value is -5.83. The van der Waals surface area contributed by atoms with Crippen LogP contribution in [0.25, 0.3) is 11.3 Å². The summed E-state index contributed by atoms with van der Waals surface area (Å²) in [6.45, 7) is 7.50. The molecule has 4 aromatic rings. The van der Waals surface area contributed by atoms with Crippen LogP contribution in [0.3, 0.4) is 0 Å². The zero-order valence-electron chi connectivity index (χ0n) is 27.6. The molecule has 0 saturated carbocycles. The van der Waals surface area contributed by atoms with Gasteiger partial charge in [-0.3, -0.25) is 9.59 Å². The molecule has 2 aliphatic rings. The Morgan fingerprint density at radius 1 is 0.959 bits per heavy atom. The Morgan fingerprint density at radius 2 is 1.67 bits per heavy atom. The van der Waals surface area contributed by atoms with Crippen LogP contribution < -0.4 is 10.2 Å². The zero-order valence-corrected chi connectivity index (χ0v) is 27.6. The van der Waals surface area contributed by atoms with Crippen LogP contribution in [0.4, 0.5) is 26.5 Å². The molecule has 0 atom stereocenters. The van der Waals surface area contributed by atoms with Crippen molar-refractivity contribution in [3.63, 3.8) is 0 Å². The van der Waals surface area contributed by atoms with Crippen molar-refractivity contribution >= 4 is 35.2 Å². The first kappa shape index (κ1) is 33.1. The molecule has 3 amide bonds. The highest BCUT2D eigenvalue weighted by molar-refractivity contribution is 5.99. The van der Waals surface area contributed by atoms with E-state index in [2.05, 4.69) is 21.4 Å². The van der Waals surface area contributed by atoms with Crippen molar-refractivity contribution in [2.24, 2.45) is 0 Å².